The number of carbonyl (C=O) groups is 1. The van der Waals surface area contributed by atoms with E-state index < -0.39 is 0 Å². The van der Waals surface area contributed by atoms with Crippen LogP contribution >= 0.6 is 23.2 Å². The summed E-state index contributed by atoms with van der Waals surface area (Å²) in [5.74, 6) is 0.835. The van der Waals surface area contributed by atoms with Gasteiger partial charge in [-0.05, 0) is 53.6 Å². The van der Waals surface area contributed by atoms with Crippen LogP contribution in [-0.4, -0.2) is 41.9 Å². The molecular weight excluding hydrogens is 431 g/mol. The van der Waals surface area contributed by atoms with Crippen LogP contribution in [-0.2, 0) is 13.2 Å². The normalized spacial score (nSPS) is 14.5. The largest absolute Gasteiger partial charge is 0.489 e. The molecule has 1 amide bonds. The van der Waals surface area contributed by atoms with Crippen molar-refractivity contribution in [3.05, 3.63) is 99.5 Å². The van der Waals surface area contributed by atoms with E-state index in [9.17, 15) is 4.79 Å². The molecule has 31 heavy (non-hydrogen) atoms. The molecule has 0 spiro atoms. The summed E-state index contributed by atoms with van der Waals surface area (Å²) in [7, 11) is 0. The second kappa shape index (κ2) is 10.2. The summed E-state index contributed by atoms with van der Waals surface area (Å²) < 4.78 is 5.76. The highest BCUT2D eigenvalue weighted by Gasteiger charge is 2.22. The molecule has 3 aromatic rings. The summed E-state index contributed by atoms with van der Waals surface area (Å²) in [6.07, 6.45) is 0. The number of ether oxygens (including phenoxy) is 1. The van der Waals surface area contributed by atoms with E-state index in [-0.39, 0.29) is 5.91 Å². The molecule has 0 aromatic heterocycles. The number of amides is 1. The maximum Gasteiger partial charge on any atom is 0.253 e. The molecule has 0 bridgehead atoms. The number of rotatable bonds is 6. The molecule has 4 rings (SSSR count). The van der Waals surface area contributed by atoms with Gasteiger partial charge in [-0.1, -0.05) is 53.5 Å². The Morgan fingerprint density at radius 2 is 1.52 bits per heavy atom. The molecular formula is C25H24Cl2N2O2. The van der Waals surface area contributed by atoms with Gasteiger partial charge in [-0.25, -0.2) is 0 Å². The molecule has 0 N–H and O–H groups in total. The Labute approximate surface area is 192 Å². The van der Waals surface area contributed by atoms with Gasteiger partial charge in [-0.2, -0.15) is 0 Å². The summed E-state index contributed by atoms with van der Waals surface area (Å²) >= 11 is 12.2. The smallest absolute Gasteiger partial charge is 0.253 e. The third kappa shape index (κ3) is 5.79. The van der Waals surface area contributed by atoms with Crippen molar-refractivity contribution < 1.29 is 9.53 Å². The first-order chi connectivity index (χ1) is 15.1. The van der Waals surface area contributed by atoms with Crippen molar-refractivity contribution in [1.29, 1.82) is 0 Å². The zero-order valence-corrected chi connectivity index (χ0v) is 18.6. The third-order valence-electron chi connectivity index (χ3n) is 5.43. The van der Waals surface area contributed by atoms with Crippen LogP contribution in [0.5, 0.6) is 5.75 Å². The van der Waals surface area contributed by atoms with E-state index in [1.165, 1.54) is 0 Å². The van der Waals surface area contributed by atoms with Crippen LogP contribution in [0.25, 0.3) is 0 Å². The first kappa shape index (κ1) is 21.7. The quantitative estimate of drug-likeness (QED) is 0.490. The van der Waals surface area contributed by atoms with Gasteiger partial charge in [0.05, 0.1) is 0 Å². The number of nitrogens with zero attached hydrogens (tertiary/aromatic N) is 2. The standard InChI is InChI=1S/C25H24Cl2N2O2/c26-22-9-11-23(12-10-22)31-18-19-5-7-20(8-6-19)25(30)29-15-13-28(14-16-29)17-21-3-1-2-4-24(21)27/h1-12H,13-18H2. The Hall–Kier alpha value is -2.53. The van der Waals surface area contributed by atoms with Crippen LogP contribution in [0.3, 0.4) is 0 Å². The van der Waals surface area contributed by atoms with Crippen molar-refractivity contribution in [3.63, 3.8) is 0 Å². The zero-order chi connectivity index (χ0) is 21.6. The van der Waals surface area contributed by atoms with Crippen molar-refractivity contribution in [2.75, 3.05) is 26.2 Å². The van der Waals surface area contributed by atoms with Gasteiger partial charge < -0.3 is 9.64 Å². The predicted molar refractivity (Wildman–Crippen MR) is 125 cm³/mol. The fourth-order valence-electron chi connectivity index (χ4n) is 3.60. The predicted octanol–water partition coefficient (Wildman–Crippen LogP) is 5.53. The summed E-state index contributed by atoms with van der Waals surface area (Å²) in [4.78, 5) is 17.1. The average Bonchev–Trinajstić information content (AvgIpc) is 2.81. The second-order valence-corrected chi connectivity index (χ2v) is 8.44. The zero-order valence-electron chi connectivity index (χ0n) is 17.1. The van der Waals surface area contributed by atoms with Crippen LogP contribution in [0, 0.1) is 0 Å². The van der Waals surface area contributed by atoms with Gasteiger partial charge in [-0.15, -0.1) is 0 Å². The van der Waals surface area contributed by atoms with Crippen LogP contribution in [0.2, 0.25) is 10.0 Å². The highest BCUT2D eigenvalue weighted by atomic mass is 35.5. The molecule has 1 aliphatic rings. The van der Waals surface area contributed by atoms with Crippen LogP contribution in [0.4, 0.5) is 0 Å². The first-order valence-electron chi connectivity index (χ1n) is 10.3. The number of hydrogen-bond donors (Lipinski definition) is 0. The molecule has 0 atom stereocenters. The van der Waals surface area contributed by atoms with Gasteiger partial charge in [0.25, 0.3) is 5.91 Å². The highest BCUT2D eigenvalue weighted by molar-refractivity contribution is 6.31. The number of hydrogen-bond acceptors (Lipinski definition) is 3. The number of halogens is 2. The maximum atomic E-state index is 12.9. The molecule has 0 unspecified atom stereocenters. The summed E-state index contributed by atoms with van der Waals surface area (Å²) in [6, 6.07) is 22.8. The molecule has 0 aliphatic carbocycles. The Kier molecular flexibility index (Phi) is 7.13. The molecule has 6 heteroatoms. The Bertz CT molecular complexity index is 1010. The van der Waals surface area contributed by atoms with Crippen LogP contribution in [0.15, 0.2) is 72.8 Å². The lowest BCUT2D eigenvalue weighted by atomic mass is 10.1. The number of benzene rings is 3. The van der Waals surface area contributed by atoms with Gasteiger partial charge in [0.15, 0.2) is 0 Å². The Morgan fingerprint density at radius 3 is 2.19 bits per heavy atom. The van der Waals surface area contributed by atoms with E-state index in [1.807, 2.05) is 59.5 Å². The van der Waals surface area contributed by atoms with Gasteiger partial charge in [0.1, 0.15) is 12.4 Å². The Morgan fingerprint density at radius 1 is 0.839 bits per heavy atom. The maximum absolute atomic E-state index is 12.9. The molecule has 0 saturated carbocycles. The van der Waals surface area contributed by atoms with Crippen molar-refractivity contribution in [3.8, 4) is 5.75 Å². The minimum atomic E-state index is 0.0718. The van der Waals surface area contributed by atoms with Crippen molar-refractivity contribution in [2.24, 2.45) is 0 Å². The highest BCUT2D eigenvalue weighted by Crippen LogP contribution is 2.19. The molecule has 1 aliphatic heterocycles. The lowest BCUT2D eigenvalue weighted by molar-refractivity contribution is 0.0628. The molecule has 4 nitrogen and oxygen atoms in total. The number of piperazine rings is 1. The minimum Gasteiger partial charge on any atom is -0.489 e. The van der Waals surface area contributed by atoms with E-state index >= 15 is 0 Å². The Balaban J connectivity index is 1.27. The molecule has 1 fully saturated rings. The van der Waals surface area contributed by atoms with Gasteiger partial charge in [0.2, 0.25) is 0 Å². The molecule has 0 radical (unpaired) electrons. The topological polar surface area (TPSA) is 32.8 Å². The van der Waals surface area contributed by atoms with E-state index in [1.54, 1.807) is 12.1 Å². The fraction of sp³-hybridized carbons (Fsp3) is 0.240. The first-order valence-corrected chi connectivity index (χ1v) is 11.1. The van der Waals surface area contributed by atoms with Gasteiger partial charge >= 0.3 is 0 Å². The van der Waals surface area contributed by atoms with Crippen molar-refractivity contribution in [2.45, 2.75) is 13.2 Å². The summed E-state index contributed by atoms with van der Waals surface area (Å²) in [5.41, 5.74) is 2.84. The summed E-state index contributed by atoms with van der Waals surface area (Å²) in [5, 5.41) is 1.47. The van der Waals surface area contributed by atoms with Crippen LogP contribution < -0.4 is 4.74 Å². The molecule has 1 heterocycles. The lowest BCUT2D eigenvalue weighted by Gasteiger charge is -2.35. The molecule has 1 saturated heterocycles. The van der Waals surface area contributed by atoms with E-state index in [0.29, 0.717) is 30.3 Å². The van der Waals surface area contributed by atoms with E-state index in [2.05, 4.69) is 11.0 Å². The monoisotopic (exact) mass is 454 g/mol. The van der Waals surface area contributed by atoms with E-state index in [4.69, 9.17) is 27.9 Å². The van der Waals surface area contributed by atoms with Crippen molar-refractivity contribution in [1.82, 2.24) is 9.80 Å². The van der Waals surface area contributed by atoms with Gasteiger partial charge in [-0.3, -0.25) is 9.69 Å². The lowest BCUT2D eigenvalue weighted by Crippen LogP contribution is -2.48. The second-order valence-electron chi connectivity index (χ2n) is 7.60. The van der Waals surface area contributed by atoms with E-state index in [0.717, 1.165) is 41.5 Å². The molecule has 160 valence electrons. The van der Waals surface area contributed by atoms with Crippen LogP contribution in [0.1, 0.15) is 21.5 Å². The fourth-order valence-corrected chi connectivity index (χ4v) is 3.92. The number of carbonyl (C=O) groups excluding carboxylic acids is 1. The van der Waals surface area contributed by atoms with Crippen molar-refractivity contribution >= 4 is 29.1 Å². The van der Waals surface area contributed by atoms with Gasteiger partial charge in [0, 0.05) is 48.3 Å². The average molecular weight is 455 g/mol. The third-order valence-corrected chi connectivity index (χ3v) is 6.05. The summed E-state index contributed by atoms with van der Waals surface area (Å²) in [6.45, 7) is 4.35. The molecule has 3 aromatic carbocycles. The minimum absolute atomic E-state index is 0.0718. The SMILES string of the molecule is O=C(c1ccc(COc2ccc(Cl)cc2)cc1)N1CCN(Cc2ccccc2Cl)CC1.